The molecule has 0 atom stereocenters. The van der Waals surface area contributed by atoms with Gasteiger partial charge in [-0.15, -0.1) is 11.3 Å². The van der Waals surface area contributed by atoms with Gasteiger partial charge in [-0.05, 0) is 37.1 Å². The fraction of sp³-hybridized carbons (Fsp3) is 0.211. The van der Waals surface area contributed by atoms with E-state index in [-0.39, 0.29) is 12.6 Å². The van der Waals surface area contributed by atoms with Crippen LogP contribution < -0.4 is 0 Å². The van der Waals surface area contributed by atoms with Crippen molar-refractivity contribution in [1.29, 1.82) is 0 Å². The summed E-state index contributed by atoms with van der Waals surface area (Å²) in [5, 5.41) is 1.68. The lowest BCUT2D eigenvalue weighted by Gasteiger charge is -2.01. The van der Waals surface area contributed by atoms with Gasteiger partial charge in [0.2, 0.25) is 0 Å². The van der Waals surface area contributed by atoms with Gasteiger partial charge in [-0.1, -0.05) is 23.7 Å². The number of hydrogen-bond acceptors (Lipinski definition) is 5. The van der Waals surface area contributed by atoms with Crippen LogP contribution in [0.2, 0.25) is 5.02 Å². The highest BCUT2D eigenvalue weighted by molar-refractivity contribution is 7.18. The summed E-state index contributed by atoms with van der Waals surface area (Å²) in [6, 6.07) is 11.7. The Hall–Kier alpha value is -2.44. The third kappa shape index (κ3) is 3.86. The first-order valence-corrected chi connectivity index (χ1v) is 9.50. The minimum atomic E-state index is -0.221. The third-order valence-corrected chi connectivity index (χ3v) is 5.28. The molecule has 0 saturated carbocycles. The molecule has 4 aromatic rings. The lowest BCUT2D eigenvalue weighted by atomic mass is 10.2. The number of para-hydroxylation sites is 1. The van der Waals surface area contributed by atoms with Crippen LogP contribution in [-0.4, -0.2) is 20.3 Å². The molecule has 1 aromatic carbocycles. The van der Waals surface area contributed by atoms with Gasteiger partial charge in [-0.3, -0.25) is 4.79 Å². The maximum absolute atomic E-state index is 12.0. The second-order valence-electron chi connectivity index (χ2n) is 5.93. The van der Waals surface area contributed by atoms with Crippen molar-refractivity contribution >= 4 is 44.8 Å². The Kier molecular flexibility index (Phi) is 4.86. The Balaban J connectivity index is 1.26. The minimum absolute atomic E-state index is 0.166. The van der Waals surface area contributed by atoms with Crippen molar-refractivity contribution < 1.29 is 9.53 Å². The first kappa shape index (κ1) is 17.0. The first-order chi connectivity index (χ1) is 12.7. The molecule has 0 N–H and O–H groups in total. The number of rotatable bonds is 6. The zero-order valence-corrected chi connectivity index (χ0v) is 15.5. The standard InChI is InChI=1S/C19H16ClN3O2S/c20-13-8-9-17-21-14(11-23(17)10-13)12-25-19(24)7-3-6-18-22-15-4-1-2-5-16(15)26-18/h1-2,4-5,8-11H,3,6-7,12H2. The van der Waals surface area contributed by atoms with Crippen LogP contribution in [0.15, 0.2) is 48.8 Å². The predicted molar refractivity (Wildman–Crippen MR) is 103 cm³/mol. The maximum Gasteiger partial charge on any atom is 0.306 e. The number of carbonyl (C=O) groups is 1. The number of esters is 1. The molecule has 0 amide bonds. The number of nitrogens with zero attached hydrogens (tertiary/aromatic N) is 3. The van der Waals surface area contributed by atoms with Gasteiger partial charge in [0.25, 0.3) is 0 Å². The molecule has 3 aromatic heterocycles. The van der Waals surface area contributed by atoms with E-state index in [0.29, 0.717) is 17.1 Å². The van der Waals surface area contributed by atoms with E-state index in [0.717, 1.165) is 29.0 Å². The zero-order chi connectivity index (χ0) is 17.9. The molecular formula is C19H16ClN3O2S. The van der Waals surface area contributed by atoms with E-state index < -0.39 is 0 Å². The van der Waals surface area contributed by atoms with Crippen molar-refractivity contribution in [2.75, 3.05) is 0 Å². The predicted octanol–water partition coefficient (Wildman–Crippen LogP) is 4.66. The SMILES string of the molecule is O=C(CCCc1nc2ccccc2s1)OCc1cn2cc(Cl)ccc2n1. The molecule has 0 radical (unpaired) electrons. The van der Waals surface area contributed by atoms with Gasteiger partial charge < -0.3 is 9.14 Å². The monoisotopic (exact) mass is 385 g/mol. The summed E-state index contributed by atoms with van der Waals surface area (Å²) in [5.74, 6) is -0.221. The Labute approximate surface area is 159 Å². The van der Waals surface area contributed by atoms with Crippen LogP contribution in [0, 0.1) is 0 Å². The highest BCUT2D eigenvalue weighted by Gasteiger charge is 2.08. The molecule has 7 heteroatoms. The van der Waals surface area contributed by atoms with Gasteiger partial charge in [-0.25, -0.2) is 9.97 Å². The van der Waals surface area contributed by atoms with Gasteiger partial charge in [0.15, 0.2) is 0 Å². The van der Waals surface area contributed by atoms with Crippen LogP contribution in [0.25, 0.3) is 15.9 Å². The van der Waals surface area contributed by atoms with Crippen molar-refractivity contribution in [2.24, 2.45) is 0 Å². The van der Waals surface area contributed by atoms with Crippen molar-refractivity contribution in [3.63, 3.8) is 0 Å². The highest BCUT2D eigenvalue weighted by Crippen LogP contribution is 2.22. The summed E-state index contributed by atoms with van der Waals surface area (Å²) in [6.45, 7) is 0.166. The van der Waals surface area contributed by atoms with Gasteiger partial charge in [0, 0.05) is 18.8 Å². The number of halogens is 1. The summed E-state index contributed by atoms with van der Waals surface area (Å²) in [5.41, 5.74) is 2.49. The van der Waals surface area contributed by atoms with E-state index >= 15 is 0 Å². The van der Waals surface area contributed by atoms with Gasteiger partial charge in [0.05, 0.1) is 25.9 Å². The second kappa shape index (κ2) is 7.43. The molecule has 0 saturated heterocycles. The number of thiazole rings is 1. The summed E-state index contributed by atoms with van der Waals surface area (Å²) >= 11 is 7.63. The summed E-state index contributed by atoms with van der Waals surface area (Å²) < 4.78 is 8.32. The molecule has 5 nitrogen and oxygen atoms in total. The van der Waals surface area contributed by atoms with E-state index in [1.807, 2.05) is 34.9 Å². The van der Waals surface area contributed by atoms with Crippen molar-refractivity contribution in [3.8, 4) is 0 Å². The number of aryl methyl sites for hydroxylation is 1. The van der Waals surface area contributed by atoms with Gasteiger partial charge in [0.1, 0.15) is 12.3 Å². The molecule has 0 aliphatic rings. The Bertz CT molecular complexity index is 1040. The molecule has 132 valence electrons. The quantitative estimate of drug-likeness (QED) is 0.453. The normalized spacial score (nSPS) is 11.3. The summed E-state index contributed by atoms with van der Waals surface area (Å²) in [7, 11) is 0. The van der Waals surface area contributed by atoms with Gasteiger partial charge in [-0.2, -0.15) is 0 Å². The molecule has 26 heavy (non-hydrogen) atoms. The van der Waals surface area contributed by atoms with Crippen LogP contribution in [0.4, 0.5) is 0 Å². The zero-order valence-electron chi connectivity index (χ0n) is 13.9. The average molecular weight is 386 g/mol. The molecule has 0 aliphatic heterocycles. The number of pyridine rings is 1. The van der Waals surface area contributed by atoms with Crippen molar-refractivity contribution in [3.05, 3.63) is 64.5 Å². The second-order valence-corrected chi connectivity index (χ2v) is 7.49. The summed E-state index contributed by atoms with van der Waals surface area (Å²) in [4.78, 5) is 20.9. The molecule has 4 rings (SSSR count). The smallest absolute Gasteiger partial charge is 0.306 e. The highest BCUT2D eigenvalue weighted by atomic mass is 35.5. The van der Waals surface area contributed by atoms with Crippen molar-refractivity contribution in [2.45, 2.75) is 25.9 Å². The largest absolute Gasteiger partial charge is 0.459 e. The molecule has 0 fully saturated rings. The first-order valence-electron chi connectivity index (χ1n) is 8.30. The number of ether oxygens (including phenoxy) is 1. The number of aromatic nitrogens is 3. The van der Waals surface area contributed by atoms with E-state index in [9.17, 15) is 4.79 Å². The fourth-order valence-corrected chi connectivity index (χ4v) is 3.90. The molecule has 0 aliphatic carbocycles. The Morgan fingerprint density at radius 2 is 2.04 bits per heavy atom. The van der Waals surface area contributed by atoms with Crippen LogP contribution in [0.3, 0.4) is 0 Å². The molecule has 0 unspecified atom stereocenters. The van der Waals surface area contributed by atoms with Crippen LogP contribution in [0.1, 0.15) is 23.5 Å². The number of benzene rings is 1. The Morgan fingerprint density at radius 1 is 1.15 bits per heavy atom. The topological polar surface area (TPSA) is 56.5 Å². The fourth-order valence-electron chi connectivity index (χ4n) is 2.72. The van der Waals surface area contributed by atoms with E-state index in [2.05, 4.69) is 16.0 Å². The number of fused-ring (bicyclic) bond motifs is 2. The Morgan fingerprint density at radius 3 is 2.92 bits per heavy atom. The number of carbonyl (C=O) groups excluding carboxylic acids is 1. The van der Waals surface area contributed by atoms with E-state index in [1.54, 1.807) is 23.6 Å². The molecular weight excluding hydrogens is 370 g/mol. The maximum atomic E-state index is 12.0. The number of imidazole rings is 1. The third-order valence-electron chi connectivity index (χ3n) is 3.96. The molecule has 0 spiro atoms. The summed E-state index contributed by atoms with van der Waals surface area (Å²) in [6.07, 6.45) is 5.46. The van der Waals surface area contributed by atoms with E-state index in [1.165, 1.54) is 4.70 Å². The molecule has 3 heterocycles. The minimum Gasteiger partial charge on any atom is -0.459 e. The lowest BCUT2D eigenvalue weighted by Crippen LogP contribution is -2.05. The van der Waals surface area contributed by atoms with Crippen LogP contribution >= 0.6 is 22.9 Å². The van der Waals surface area contributed by atoms with Gasteiger partial charge >= 0.3 is 5.97 Å². The van der Waals surface area contributed by atoms with Crippen LogP contribution in [0.5, 0.6) is 0 Å². The molecule has 0 bridgehead atoms. The number of hydrogen-bond donors (Lipinski definition) is 0. The average Bonchev–Trinajstić information content (AvgIpc) is 3.22. The van der Waals surface area contributed by atoms with Crippen LogP contribution in [-0.2, 0) is 22.6 Å². The lowest BCUT2D eigenvalue weighted by molar-refractivity contribution is -0.145. The van der Waals surface area contributed by atoms with E-state index in [4.69, 9.17) is 16.3 Å². The van der Waals surface area contributed by atoms with Crippen molar-refractivity contribution in [1.82, 2.24) is 14.4 Å².